The lowest BCUT2D eigenvalue weighted by atomic mass is 10.1. The van der Waals surface area contributed by atoms with Crippen molar-refractivity contribution in [2.75, 3.05) is 6.54 Å². The number of aromatic nitrogens is 3. The van der Waals surface area contributed by atoms with Crippen LogP contribution in [-0.4, -0.2) is 21.1 Å². The molecule has 0 saturated carbocycles. The molecule has 1 N–H and O–H groups in total. The highest BCUT2D eigenvalue weighted by molar-refractivity contribution is 5.36. The van der Waals surface area contributed by atoms with Crippen molar-refractivity contribution in [3.63, 3.8) is 0 Å². The molecule has 0 aliphatic rings. The van der Waals surface area contributed by atoms with Crippen LogP contribution in [0.4, 0.5) is 0 Å². The van der Waals surface area contributed by atoms with Crippen molar-refractivity contribution in [3.05, 3.63) is 42.1 Å². The van der Waals surface area contributed by atoms with E-state index >= 15 is 0 Å². The number of hydrogen-bond acceptors (Lipinski definition) is 3. The van der Waals surface area contributed by atoms with Gasteiger partial charge in [-0.05, 0) is 32.9 Å². The van der Waals surface area contributed by atoms with Gasteiger partial charge in [-0.2, -0.15) is 0 Å². The van der Waals surface area contributed by atoms with Crippen LogP contribution in [0.25, 0.3) is 5.82 Å². The molecular formula is C14H20N4. The van der Waals surface area contributed by atoms with Crippen LogP contribution in [0.2, 0.25) is 0 Å². The molecule has 96 valence electrons. The van der Waals surface area contributed by atoms with Gasteiger partial charge in [-0.1, -0.05) is 13.0 Å². The van der Waals surface area contributed by atoms with Crippen LogP contribution in [0, 0.1) is 6.92 Å². The van der Waals surface area contributed by atoms with Crippen molar-refractivity contribution in [3.8, 4) is 5.82 Å². The van der Waals surface area contributed by atoms with Gasteiger partial charge in [-0.25, -0.2) is 9.97 Å². The van der Waals surface area contributed by atoms with E-state index < -0.39 is 0 Å². The molecule has 2 aromatic heterocycles. The number of imidazole rings is 1. The Kier molecular flexibility index (Phi) is 4.10. The maximum Gasteiger partial charge on any atom is 0.142 e. The fraction of sp³-hybridized carbons (Fsp3) is 0.429. The van der Waals surface area contributed by atoms with Crippen molar-refractivity contribution < 1.29 is 0 Å². The fourth-order valence-electron chi connectivity index (χ4n) is 2.02. The summed E-state index contributed by atoms with van der Waals surface area (Å²) < 4.78 is 2.03. The molecule has 2 rings (SSSR count). The number of nitrogens with zero attached hydrogens (tertiary/aromatic N) is 3. The molecule has 2 aromatic rings. The minimum absolute atomic E-state index is 0.287. The lowest BCUT2D eigenvalue weighted by molar-refractivity contribution is 0.566. The maximum atomic E-state index is 4.49. The van der Waals surface area contributed by atoms with Crippen molar-refractivity contribution in [2.45, 2.75) is 33.2 Å². The van der Waals surface area contributed by atoms with E-state index in [1.807, 2.05) is 30.0 Å². The normalized spacial score (nSPS) is 12.6. The third-order valence-corrected chi connectivity index (χ3v) is 3.04. The van der Waals surface area contributed by atoms with E-state index in [0.29, 0.717) is 0 Å². The third-order valence-electron chi connectivity index (χ3n) is 3.04. The molecule has 0 aromatic carbocycles. The van der Waals surface area contributed by atoms with Crippen molar-refractivity contribution in [2.24, 2.45) is 0 Å². The molecular weight excluding hydrogens is 224 g/mol. The van der Waals surface area contributed by atoms with E-state index in [1.54, 1.807) is 6.20 Å². The lowest BCUT2D eigenvalue weighted by Gasteiger charge is -2.17. The van der Waals surface area contributed by atoms with Gasteiger partial charge in [0.25, 0.3) is 0 Å². The quantitative estimate of drug-likeness (QED) is 0.879. The smallest absolute Gasteiger partial charge is 0.142 e. The molecule has 18 heavy (non-hydrogen) atoms. The monoisotopic (exact) mass is 244 g/mol. The van der Waals surface area contributed by atoms with Crippen molar-refractivity contribution in [1.29, 1.82) is 0 Å². The van der Waals surface area contributed by atoms with Gasteiger partial charge in [0.05, 0.1) is 0 Å². The molecule has 0 fully saturated rings. The van der Waals surface area contributed by atoms with Gasteiger partial charge in [0.2, 0.25) is 0 Å². The van der Waals surface area contributed by atoms with E-state index in [2.05, 4.69) is 35.2 Å². The van der Waals surface area contributed by atoms with E-state index in [0.717, 1.165) is 24.6 Å². The van der Waals surface area contributed by atoms with Crippen LogP contribution < -0.4 is 5.32 Å². The molecule has 4 nitrogen and oxygen atoms in total. The molecule has 0 saturated heterocycles. The first-order chi connectivity index (χ1) is 8.74. The molecule has 0 radical (unpaired) electrons. The summed E-state index contributed by atoms with van der Waals surface area (Å²) in [6.45, 7) is 7.34. The van der Waals surface area contributed by atoms with E-state index in [-0.39, 0.29) is 6.04 Å². The molecule has 4 heteroatoms. The highest BCUT2D eigenvalue weighted by Gasteiger charge is 2.13. The Morgan fingerprint density at radius 1 is 1.33 bits per heavy atom. The van der Waals surface area contributed by atoms with Crippen molar-refractivity contribution >= 4 is 0 Å². The second-order valence-corrected chi connectivity index (χ2v) is 4.44. The molecule has 2 heterocycles. The average Bonchev–Trinajstić information content (AvgIpc) is 2.82. The van der Waals surface area contributed by atoms with Gasteiger partial charge < -0.3 is 5.32 Å². The number of nitrogens with one attached hydrogen (secondary N) is 1. The predicted octanol–water partition coefficient (Wildman–Crippen LogP) is 2.64. The van der Waals surface area contributed by atoms with Crippen molar-refractivity contribution in [1.82, 2.24) is 19.9 Å². The van der Waals surface area contributed by atoms with E-state index in [9.17, 15) is 0 Å². The van der Waals surface area contributed by atoms with Crippen LogP contribution in [0.15, 0.2) is 30.7 Å². The van der Waals surface area contributed by atoms with E-state index in [4.69, 9.17) is 0 Å². The Balaban J connectivity index is 2.34. The first-order valence-corrected chi connectivity index (χ1v) is 6.42. The second kappa shape index (κ2) is 5.78. The van der Waals surface area contributed by atoms with Gasteiger partial charge in [-0.15, -0.1) is 0 Å². The highest BCUT2D eigenvalue weighted by atomic mass is 15.1. The minimum Gasteiger partial charge on any atom is -0.310 e. The summed E-state index contributed by atoms with van der Waals surface area (Å²) in [4.78, 5) is 8.75. The Morgan fingerprint density at radius 2 is 2.17 bits per heavy atom. The SMILES string of the molecule is CCCNC(C)c1cccnc1-n1ccnc1C. The molecule has 1 atom stereocenters. The maximum absolute atomic E-state index is 4.49. The molecule has 1 unspecified atom stereocenters. The zero-order valence-electron chi connectivity index (χ0n) is 11.2. The Morgan fingerprint density at radius 3 is 2.83 bits per heavy atom. The number of hydrogen-bond donors (Lipinski definition) is 1. The largest absolute Gasteiger partial charge is 0.310 e. The minimum atomic E-state index is 0.287. The van der Waals surface area contributed by atoms with Crippen LogP contribution >= 0.6 is 0 Å². The summed E-state index contributed by atoms with van der Waals surface area (Å²) in [5, 5.41) is 3.50. The van der Waals surface area contributed by atoms with Gasteiger partial charge in [0, 0.05) is 30.2 Å². The summed E-state index contributed by atoms with van der Waals surface area (Å²) in [5.74, 6) is 1.92. The summed E-state index contributed by atoms with van der Waals surface area (Å²) in [6, 6.07) is 4.39. The van der Waals surface area contributed by atoms with Crippen LogP contribution in [0.1, 0.15) is 37.7 Å². The van der Waals surface area contributed by atoms with Crippen LogP contribution in [0.3, 0.4) is 0 Å². The molecule has 0 aliphatic heterocycles. The molecule has 0 amide bonds. The van der Waals surface area contributed by atoms with Gasteiger partial charge in [0.1, 0.15) is 11.6 Å². The number of aryl methyl sites for hydroxylation is 1. The Bertz CT molecular complexity index is 504. The Labute approximate surface area is 108 Å². The highest BCUT2D eigenvalue weighted by Crippen LogP contribution is 2.20. The third kappa shape index (κ3) is 2.59. The summed E-state index contributed by atoms with van der Waals surface area (Å²) >= 11 is 0. The fourth-order valence-corrected chi connectivity index (χ4v) is 2.02. The number of pyridine rings is 1. The molecule has 0 bridgehead atoms. The second-order valence-electron chi connectivity index (χ2n) is 4.44. The molecule has 0 spiro atoms. The molecule has 0 aliphatic carbocycles. The Hall–Kier alpha value is -1.68. The topological polar surface area (TPSA) is 42.7 Å². The van der Waals surface area contributed by atoms with Gasteiger partial charge >= 0.3 is 0 Å². The van der Waals surface area contributed by atoms with Crippen LogP contribution in [-0.2, 0) is 0 Å². The zero-order chi connectivity index (χ0) is 13.0. The first-order valence-electron chi connectivity index (χ1n) is 6.42. The van der Waals surface area contributed by atoms with Crippen LogP contribution in [0.5, 0.6) is 0 Å². The summed E-state index contributed by atoms with van der Waals surface area (Å²) in [6.07, 6.45) is 6.71. The zero-order valence-corrected chi connectivity index (χ0v) is 11.2. The standard InChI is InChI=1S/C14H20N4/c1-4-7-15-11(2)13-6-5-8-17-14(13)18-10-9-16-12(18)3/h5-6,8-11,15H,4,7H2,1-3H3. The number of rotatable bonds is 5. The van der Waals surface area contributed by atoms with Gasteiger partial charge in [-0.3, -0.25) is 4.57 Å². The average molecular weight is 244 g/mol. The summed E-state index contributed by atoms with van der Waals surface area (Å²) in [5.41, 5.74) is 1.20. The predicted molar refractivity (Wildman–Crippen MR) is 72.8 cm³/mol. The van der Waals surface area contributed by atoms with Gasteiger partial charge in [0.15, 0.2) is 0 Å². The first kappa shape index (κ1) is 12.8. The lowest BCUT2D eigenvalue weighted by Crippen LogP contribution is -2.21. The summed E-state index contributed by atoms with van der Waals surface area (Å²) in [7, 11) is 0. The van der Waals surface area contributed by atoms with E-state index in [1.165, 1.54) is 5.56 Å².